The van der Waals surface area contributed by atoms with Gasteiger partial charge in [-0.25, -0.2) is 9.07 Å². The summed E-state index contributed by atoms with van der Waals surface area (Å²) in [6, 6.07) is 8.00. The summed E-state index contributed by atoms with van der Waals surface area (Å²) < 4.78 is 21.0. The summed E-state index contributed by atoms with van der Waals surface area (Å²) in [5.74, 6) is 0.0367. The zero-order chi connectivity index (χ0) is 18.7. The van der Waals surface area contributed by atoms with Gasteiger partial charge >= 0.3 is 0 Å². The standard InChI is InChI=1S/C17H18FN5O2S/c1-10(2)23-14(8-9-19-23)20-15(24)11(3)26-17-22-21-16(25-17)12-6-4-5-7-13(12)18/h4-11H,1-3H3,(H,20,24)/t11-/m0/s1. The maximum absolute atomic E-state index is 13.8. The molecule has 0 saturated carbocycles. The molecule has 1 aromatic carbocycles. The van der Waals surface area contributed by atoms with Crippen LogP contribution in [0, 0.1) is 5.82 Å². The van der Waals surface area contributed by atoms with E-state index in [0.29, 0.717) is 5.82 Å². The highest BCUT2D eigenvalue weighted by atomic mass is 32.2. The van der Waals surface area contributed by atoms with E-state index in [-0.39, 0.29) is 28.6 Å². The van der Waals surface area contributed by atoms with E-state index >= 15 is 0 Å². The summed E-state index contributed by atoms with van der Waals surface area (Å²) in [5, 5.41) is 14.4. The van der Waals surface area contributed by atoms with Gasteiger partial charge in [0.1, 0.15) is 11.6 Å². The number of nitrogens with one attached hydrogen (secondary N) is 1. The molecule has 1 atom stereocenters. The first-order valence-corrected chi connectivity index (χ1v) is 8.93. The second-order valence-electron chi connectivity index (χ2n) is 5.86. The quantitative estimate of drug-likeness (QED) is 0.660. The van der Waals surface area contributed by atoms with Crippen LogP contribution in [0.15, 0.2) is 46.2 Å². The number of carbonyl (C=O) groups is 1. The van der Waals surface area contributed by atoms with Crippen molar-refractivity contribution in [1.82, 2.24) is 20.0 Å². The highest BCUT2D eigenvalue weighted by Crippen LogP contribution is 2.28. The van der Waals surface area contributed by atoms with Crippen LogP contribution in [-0.2, 0) is 4.79 Å². The molecule has 0 radical (unpaired) electrons. The molecular formula is C17H18FN5O2S. The maximum atomic E-state index is 13.8. The Balaban J connectivity index is 1.66. The predicted octanol–water partition coefficient (Wildman–Crippen LogP) is 3.77. The molecule has 2 heterocycles. The van der Waals surface area contributed by atoms with Crippen molar-refractivity contribution >= 4 is 23.5 Å². The van der Waals surface area contributed by atoms with Crippen molar-refractivity contribution < 1.29 is 13.6 Å². The lowest BCUT2D eigenvalue weighted by molar-refractivity contribution is -0.115. The van der Waals surface area contributed by atoms with E-state index < -0.39 is 11.1 Å². The van der Waals surface area contributed by atoms with Gasteiger partial charge in [-0.15, -0.1) is 10.2 Å². The van der Waals surface area contributed by atoms with Crippen LogP contribution in [0.4, 0.5) is 10.2 Å². The predicted molar refractivity (Wildman–Crippen MR) is 96.3 cm³/mol. The van der Waals surface area contributed by atoms with Crippen LogP contribution >= 0.6 is 11.8 Å². The van der Waals surface area contributed by atoms with Crippen LogP contribution in [0.3, 0.4) is 0 Å². The Labute approximate surface area is 154 Å². The number of hydrogen-bond donors (Lipinski definition) is 1. The molecule has 0 aliphatic rings. The molecule has 0 fully saturated rings. The lowest BCUT2D eigenvalue weighted by atomic mass is 10.2. The lowest BCUT2D eigenvalue weighted by Crippen LogP contribution is -2.24. The number of carbonyl (C=O) groups excluding carboxylic acids is 1. The smallest absolute Gasteiger partial charge is 0.277 e. The largest absolute Gasteiger partial charge is 0.411 e. The molecule has 2 aromatic heterocycles. The molecule has 3 rings (SSSR count). The number of thioether (sulfide) groups is 1. The first-order valence-electron chi connectivity index (χ1n) is 8.05. The van der Waals surface area contributed by atoms with Gasteiger partial charge < -0.3 is 9.73 Å². The molecule has 0 aliphatic carbocycles. The summed E-state index contributed by atoms with van der Waals surface area (Å²) in [6.45, 7) is 5.68. The van der Waals surface area contributed by atoms with Crippen molar-refractivity contribution in [3.8, 4) is 11.5 Å². The van der Waals surface area contributed by atoms with E-state index in [4.69, 9.17) is 4.42 Å². The van der Waals surface area contributed by atoms with Crippen LogP contribution < -0.4 is 5.32 Å². The van der Waals surface area contributed by atoms with Gasteiger partial charge in [0.25, 0.3) is 11.1 Å². The average molecular weight is 375 g/mol. The zero-order valence-electron chi connectivity index (χ0n) is 14.5. The fourth-order valence-corrected chi connectivity index (χ4v) is 2.94. The van der Waals surface area contributed by atoms with Gasteiger partial charge in [0.2, 0.25) is 5.91 Å². The molecule has 9 heteroatoms. The van der Waals surface area contributed by atoms with Crippen LogP contribution in [-0.4, -0.2) is 31.1 Å². The van der Waals surface area contributed by atoms with E-state index in [0.717, 1.165) is 11.8 Å². The van der Waals surface area contributed by atoms with E-state index in [9.17, 15) is 9.18 Å². The maximum Gasteiger partial charge on any atom is 0.277 e. The van der Waals surface area contributed by atoms with Gasteiger partial charge in [0, 0.05) is 12.1 Å². The normalized spacial score (nSPS) is 12.3. The highest BCUT2D eigenvalue weighted by molar-refractivity contribution is 8.00. The van der Waals surface area contributed by atoms with Gasteiger partial charge in [-0.1, -0.05) is 23.9 Å². The number of nitrogens with zero attached hydrogens (tertiary/aromatic N) is 4. The second-order valence-corrected chi connectivity index (χ2v) is 7.15. The molecule has 1 N–H and O–H groups in total. The Morgan fingerprint density at radius 3 is 2.73 bits per heavy atom. The monoisotopic (exact) mass is 375 g/mol. The zero-order valence-corrected chi connectivity index (χ0v) is 15.3. The summed E-state index contributed by atoms with van der Waals surface area (Å²) >= 11 is 1.10. The number of rotatable bonds is 6. The van der Waals surface area contributed by atoms with Crippen molar-refractivity contribution in [2.75, 3.05) is 5.32 Å². The van der Waals surface area contributed by atoms with Crippen LogP contribution in [0.1, 0.15) is 26.8 Å². The van der Waals surface area contributed by atoms with Crippen LogP contribution in [0.2, 0.25) is 0 Å². The van der Waals surface area contributed by atoms with Crippen molar-refractivity contribution in [1.29, 1.82) is 0 Å². The fourth-order valence-electron chi connectivity index (χ4n) is 2.26. The first-order chi connectivity index (χ1) is 12.5. The minimum atomic E-state index is -0.487. The van der Waals surface area contributed by atoms with E-state index in [1.807, 2.05) is 13.8 Å². The summed E-state index contributed by atoms with van der Waals surface area (Å²) in [7, 11) is 0. The molecule has 3 aromatic rings. The molecule has 0 aliphatic heterocycles. The highest BCUT2D eigenvalue weighted by Gasteiger charge is 2.21. The average Bonchev–Trinajstić information content (AvgIpc) is 3.24. The van der Waals surface area contributed by atoms with Gasteiger partial charge in [0.15, 0.2) is 0 Å². The first kappa shape index (κ1) is 18.1. The third-order valence-corrected chi connectivity index (χ3v) is 4.50. The van der Waals surface area contributed by atoms with Crippen molar-refractivity contribution in [2.45, 2.75) is 37.3 Å². The summed E-state index contributed by atoms with van der Waals surface area (Å²) in [5.41, 5.74) is 0.227. The van der Waals surface area contributed by atoms with Crippen molar-refractivity contribution in [2.24, 2.45) is 0 Å². The van der Waals surface area contributed by atoms with E-state index in [1.54, 1.807) is 42.1 Å². The number of anilines is 1. The van der Waals surface area contributed by atoms with Crippen LogP contribution in [0.25, 0.3) is 11.5 Å². The molecule has 0 unspecified atom stereocenters. The molecule has 0 saturated heterocycles. The lowest BCUT2D eigenvalue weighted by Gasteiger charge is -2.13. The Bertz CT molecular complexity index is 908. The Kier molecular flexibility index (Phi) is 5.36. The number of halogens is 1. The van der Waals surface area contributed by atoms with Crippen LogP contribution in [0.5, 0.6) is 0 Å². The van der Waals surface area contributed by atoms with E-state index in [1.165, 1.54) is 6.07 Å². The number of hydrogen-bond acceptors (Lipinski definition) is 6. The molecule has 26 heavy (non-hydrogen) atoms. The molecule has 0 bridgehead atoms. The van der Waals surface area contributed by atoms with Gasteiger partial charge in [0.05, 0.1) is 17.0 Å². The summed E-state index contributed by atoms with van der Waals surface area (Å²) in [4.78, 5) is 12.4. The van der Waals surface area contributed by atoms with E-state index in [2.05, 4.69) is 20.6 Å². The summed E-state index contributed by atoms with van der Waals surface area (Å²) in [6.07, 6.45) is 1.63. The van der Waals surface area contributed by atoms with Crippen molar-refractivity contribution in [3.63, 3.8) is 0 Å². The van der Waals surface area contributed by atoms with Gasteiger partial charge in [-0.3, -0.25) is 4.79 Å². The third-order valence-electron chi connectivity index (χ3n) is 3.57. The fraction of sp³-hybridized carbons (Fsp3) is 0.294. The van der Waals surface area contributed by atoms with Gasteiger partial charge in [-0.2, -0.15) is 5.10 Å². The SMILES string of the molecule is CC(C)n1nccc1NC(=O)[C@H](C)Sc1nnc(-c2ccccc2F)o1. The number of benzene rings is 1. The Morgan fingerprint density at radius 1 is 1.23 bits per heavy atom. The molecule has 7 nitrogen and oxygen atoms in total. The molecular weight excluding hydrogens is 357 g/mol. The topological polar surface area (TPSA) is 85.8 Å². The Hall–Kier alpha value is -2.68. The van der Waals surface area contributed by atoms with Crippen molar-refractivity contribution in [3.05, 3.63) is 42.3 Å². The minimum absolute atomic E-state index is 0.0797. The molecule has 0 spiro atoms. The second kappa shape index (κ2) is 7.69. The molecule has 136 valence electrons. The Morgan fingerprint density at radius 2 is 2.00 bits per heavy atom. The van der Waals surface area contributed by atoms with Gasteiger partial charge in [-0.05, 0) is 32.9 Å². The number of aromatic nitrogens is 4. The molecule has 1 amide bonds. The minimum Gasteiger partial charge on any atom is -0.411 e. The third kappa shape index (κ3) is 3.93. The number of amides is 1.